The van der Waals surface area contributed by atoms with Gasteiger partial charge in [-0.05, 0) is 60.6 Å². The summed E-state index contributed by atoms with van der Waals surface area (Å²) in [5, 5.41) is 21.7. The first kappa shape index (κ1) is 19.2. The number of nitro benzene ring substituents is 1. The molecule has 3 rings (SSSR count). The first-order chi connectivity index (χ1) is 13.5. The van der Waals surface area contributed by atoms with Gasteiger partial charge < -0.3 is 9.47 Å². The lowest BCUT2D eigenvalue weighted by Crippen LogP contribution is -1.99. The smallest absolute Gasteiger partial charge is 0.269 e. The van der Waals surface area contributed by atoms with Crippen LogP contribution in [0.4, 0.5) is 5.69 Å². The average Bonchev–Trinajstić information content (AvgIpc) is 3.02. The Labute approximate surface area is 165 Å². The van der Waals surface area contributed by atoms with Crippen LogP contribution in [0.1, 0.15) is 17.0 Å². The molecular weight excluding hydrogens is 382 g/mol. The van der Waals surface area contributed by atoms with Crippen molar-refractivity contribution in [1.82, 2.24) is 14.9 Å². The van der Waals surface area contributed by atoms with Gasteiger partial charge in [0.1, 0.15) is 12.4 Å². The minimum Gasteiger partial charge on any atom is -0.493 e. The Balaban J connectivity index is 1.77. The number of benzene rings is 2. The Kier molecular flexibility index (Phi) is 5.80. The molecule has 28 heavy (non-hydrogen) atoms. The first-order valence-corrected chi connectivity index (χ1v) is 8.61. The van der Waals surface area contributed by atoms with Crippen LogP contribution >= 0.6 is 12.2 Å². The summed E-state index contributed by atoms with van der Waals surface area (Å²) in [6.07, 6.45) is 1.64. The van der Waals surface area contributed by atoms with E-state index in [1.54, 1.807) is 44.5 Å². The Morgan fingerprint density at radius 2 is 2.04 bits per heavy atom. The monoisotopic (exact) mass is 399 g/mol. The van der Waals surface area contributed by atoms with E-state index in [-0.39, 0.29) is 12.3 Å². The minimum absolute atomic E-state index is 0.0349. The molecule has 10 heteroatoms. The van der Waals surface area contributed by atoms with Crippen LogP contribution in [0.15, 0.2) is 47.6 Å². The number of nitrogens with one attached hydrogen (secondary N) is 1. The van der Waals surface area contributed by atoms with Crippen LogP contribution < -0.4 is 9.47 Å². The molecule has 0 amide bonds. The minimum atomic E-state index is -0.440. The quantitative estimate of drug-likeness (QED) is 0.281. The van der Waals surface area contributed by atoms with Crippen molar-refractivity contribution < 1.29 is 14.4 Å². The number of aromatic nitrogens is 3. The number of nitro groups is 1. The van der Waals surface area contributed by atoms with Crippen LogP contribution in [0.3, 0.4) is 0 Å². The molecule has 2 aromatic carbocycles. The standard InChI is InChI=1S/C18H17N5O4S/c1-12-20-21-18(28)22(12)19-10-14-5-8-16(26-2)17(9-14)27-11-13-3-6-15(7-4-13)23(24)25/h3-10H,11H2,1-2H3,(H,21,28)/b19-10-. The van der Waals surface area contributed by atoms with E-state index in [9.17, 15) is 10.1 Å². The Morgan fingerprint density at radius 1 is 1.29 bits per heavy atom. The summed E-state index contributed by atoms with van der Waals surface area (Å²) >= 11 is 5.12. The molecule has 0 bridgehead atoms. The van der Waals surface area contributed by atoms with E-state index in [0.717, 1.165) is 11.1 Å². The summed E-state index contributed by atoms with van der Waals surface area (Å²) in [6.45, 7) is 2.03. The summed E-state index contributed by atoms with van der Waals surface area (Å²) in [5.41, 5.74) is 1.61. The lowest BCUT2D eigenvalue weighted by atomic mass is 10.2. The summed E-state index contributed by atoms with van der Waals surface area (Å²) in [6, 6.07) is 11.6. The van der Waals surface area contributed by atoms with E-state index in [4.69, 9.17) is 21.7 Å². The van der Waals surface area contributed by atoms with Crippen molar-refractivity contribution >= 4 is 24.1 Å². The SMILES string of the molecule is COc1ccc(/C=N\n2c(C)n[nH]c2=S)cc1OCc1ccc([N+](=O)[O-])cc1. The summed E-state index contributed by atoms with van der Waals surface area (Å²) < 4.78 is 13.1. The van der Waals surface area contributed by atoms with Gasteiger partial charge in [0, 0.05) is 12.1 Å². The Morgan fingerprint density at radius 3 is 2.64 bits per heavy atom. The van der Waals surface area contributed by atoms with Crippen molar-refractivity contribution in [2.24, 2.45) is 5.10 Å². The van der Waals surface area contributed by atoms with E-state index >= 15 is 0 Å². The van der Waals surface area contributed by atoms with E-state index in [1.807, 2.05) is 6.07 Å². The van der Waals surface area contributed by atoms with Crippen LogP contribution in [-0.2, 0) is 6.61 Å². The Hall–Kier alpha value is -3.53. The third-order valence-electron chi connectivity index (χ3n) is 3.86. The number of aromatic amines is 1. The second-order valence-electron chi connectivity index (χ2n) is 5.75. The number of rotatable bonds is 7. The van der Waals surface area contributed by atoms with E-state index < -0.39 is 4.92 Å². The van der Waals surface area contributed by atoms with Crippen molar-refractivity contribution in [2.75, 3.05) is 7.11 Å². The van der Waals surface area contributed by atoms with Crippen molar-refractivity contribution in [3.05, 3.63) is 74.3 Å². The fourth-order valence-corrected chi connectivity index (χ4v) is 2.62. The first-order valence-electron chi connectivity index (χ1n) is 8.20. The number of methoxy groups -OCH3 is 1. The van der Waals surface area contributed by atoms with Gasteiger partial charge in [-0.25, -0.2) is 0 Å². The molecule has 1 aromatic heterocycles. The fraction of sp³-hybridized carbons (Fsp3) is 0.167. The number of ether oxygens (including phenoxy) is 2. The molecule has 1 heterocycles. The van der Waals surface area contributed by atoms with Crippen LogP contribution in [-0.4, -0.2) is 33.1 Å². The average molecular weight is 399 g/mol. The number of nitrogens with zero attached hydrogens (tertiary/aromatic N) is 4. The van der Waals surface area contributed by atoms with E-state index in [1.165, 1.54) is 16.8 Å². The highest BCUT2D eigenvalue weighted by Gasteiger charge is 2.08. The molecule has 1 N–H and O–H groups in total. The zero-order valence-electron chi connectivity index (χ0n) is 15.2. The van der Waals surface area contributed by atoms with Gasteiger partial charge in [-0.1, -0.05) is 0 Å². The highest BCUT2D eigenvalue weighted by molar-refractivity contribution is 7.71. The van der Waals surface area contributed by atoms with Crippen molar-refractivity contribution in [3.8, 4) is 11.5 Å². The zero-order chi connectivity index (χ0) is 20.1. The molecule has 0 aliphatic heterocycles. The van der Waals surface area contributed by atoms with Gasteiger partial charge in [0.15, 0.2) is 11.5 Å². The maximum absolute atomic E-state index is 10.7. The van der Waals surface area contributed by atoms with Crippen molar-refractivity contribution in [2.45, 2.75) is 13.5 Å². The Bertz CT molecular complexity index is 1070. The predicted octanol–water partition coefficient (Wildman–Crippen LogP) is 3.63. The molecule has 0 fully saturated rings. The molecule has 144 valence electrons. The molecule has 9 nitrogen and oxygen atoms in total. The molecule has 0 unspecified atom stereocenters. The second kappa shape index (κ2) is 8.44. The predicted molar refractivity (Wildman–Crippen MR) is 106 cm³/mol. The molecule has 0 aliphatic rings. The number of H-pyrrole nitrogens is 1. The summed E-state index contributed by atoms with van der Waals surface area (Å²) in [5.74, 6) is 1.73. The zero-order valence-corrected chi connectivity index (χ0v) is 16.0. The summed E-state index contributed by atoms with van der Waals surface area (Å²) in [4.78, 5) is 10.3. The lowest BCUT2D eigenvalue weighted by Gasteiger charge is -2.11. The molecular formula is C18H17N5O4S. The molecule has 0 atom stereocenters. The van der Waals surface area contributed by atoms with Crippen LogP contribution in [0.25, 0.3) is 0 Å². The van der Waals surface area contributed by atoms with Crippen LogP contribution in [0.5, 0.6) is 11.5 Å². The van der Waals surface area contributed by atoms with Gasteiger partial charge >= 0.3 is 0 Å². The number of hydrogen-bond acceptors (Lipinski definition) is 7. The lowest BCUT2D eigenvalue weighted by molar-refractivity contribution is -0.384. The van der Waals surface area contributed by atoms with E-state index in [0.29, 0.717) is 22.1 Å². The van der Waals surface area contributed by atoms with Crippen molar-refractivity contribution in [1.29, 1.82) is 0 Å². The van der Waals surface area contributed by atoms with E-state index in [2.05, 4.69) is 15.3 Å². The number of non-ortho nitro benzene ring substituents is 1. The summed E-state index contributed by atoms with van der Waals surface area (Å²) in [7, 11) is 1.55. The fourth-order valence-electron chi connectivity index (χ4n) is 2.39. The second-order valence-corrected chi connectivity index (χ2v) is 6.14. The third kappa shape index (κ3) is 4.41. The number of hydrogen-bond donors (Lipinski definition) is 1. The van der Waals surface area contributed by atoms with Gasteiger partial charge in [0.05, 0.1) is 18.2 Å². The van der Waals surface area contributed by atoms with Gasteiger partial charge in [-0.15, -0.1) is 0 Å². The highest BCUT2D eigenvalue weighted by atomic mass is 32.1. The maximum atomic E-state index is 10.7. The topological polar surface area (TPSA) is 108 Å². The maximum Gasteiger partial charge on any atom is 0.269 e. The number of aryl methyl sites for hydroxylation is 1. The van der Waals surface area contributed by atoms with Crippen molar-refractivity contribution in [3.63, 3.8) is 0 Å². The molecule has 0 aliphatic carbocycles. The van der Waals surface area contributed by atoms with Gasteiger partial charge in [0.2, 0.25) is 4.77 Å². The molecule has 0 spiro atoms. The third-order valence-corrected chi connectivity index (χ3v) is 4.13. The van der Waals surface area contributed by atoms with Crippen LogP contribution in [0.2, 0.25) is 0 Å². The van der Waals surface area contributed by atoms with Gasteiger partial charge in [-0.2, -0.15) is 14.9 Å². The molecule has 0 saturated heterocycles. The van der Waals surface area contributed by atoms with Gasteiger partial charge in [0.25, 0.3) is 5.69 Å². The molecule has 0 radical (unpaired) electrons. The van der Waals surface area contributed by atoms with Gasteiger partial charge in [-0.3, -0.25) is 15.2 Å². The molecule has 0 saturated carbocycles. The molecule has 3 aromatic rings. The highest BCUT2D eigenvalue weighted by Crippen LogP contribution is 2.28. The van der Waals surface area contributed by atoms with Crippen LogP contribution in [0, 0.1) is 21.8 Å². The normalized spacial score (nSPS) is 10.9. The largest absolute Gasteiger partial charge is 0.493 e.